The highest BCUT2D eigenvalue weighted by Crippen LogP contribution is 2.66. The number of ether oxygens (including phenoxy) is 1. The first-order valence-electron chi connectivity index (χ1n) is 16.7. The average molecular weight is 611 g/mol. The minimum Gasteiger partial charge on any atom is -0.481 e. The van der Waals surface area contributed by atoms with E-state index in [0.29, 0.717) is 24.3 Å². The van der Waals surface area contributed by atoms with Crippen LogP contribution in [0.15, 0.2) is 72.6 Å². The number of carbonyl (C=O) groups is 3. The second-order valence-electron chi connectivity index (χ2n) is 14.1. The number of nitrogens with zero attached hydrogens (tertiary/aromatic N) is 2. The number of benzene rings is 1. The molecule has 2 aromatic rings. The number of fused-ring (bicyclic) bond motifs is 5. The van der Waals surface area contributed by atoms with Crippen molar-refractivity contribution in [2.45, 2.75) is 90.7 Å². The van der Waals surface area contributed by atoms with E-state index >= 15 is 0 Å². The monoisotopic (exact) mass is 610 g/mol. The summed E-state index contributed by atoms with van der Waals surface area (Å²) in [4.78, 5) is 43.1. The Balaban J connectivity index is 1.04. The van der Waals surface area contributed by atoms with Crippen molar-refractivity contribution in [3.63, 3.8) is 0 Å². The third-order valence-corrected chi connectivity index (χ3v) is 11.6. The third kappa shape index (κ3) is 6.36. The average Bonchev–Trinajstić information content (AvgIpc) is 3.40. The van der Waals surface area contributed by atoms with Crippen molar-refractivity contribution in [1.82, 2.24) is 9.88 Å². The SMILES string of the molecule is C[C@]12CC[C@H](OC(=O)CCC(=O)N(CCC(=O)O)Cc3ccccc3)CC1=CC[C@@H]1[C@@H]2CC[C@]2(C)C(c3cccnc3)=CC[C@@H]12. The van der Waals surface area contributed by atoms with Crippen molar-refractivity contribution >= 4 is 23.4 Å². The van der Waals surface area contributed by atoms with Gasteiger partial charge in [-0.3, -0.25) is 19.4 Å². The van der Waals surface area contributed by atoms with Crippen LogP contribution in [0.3, 0.4) is 0 Å². The Morgan fingerprint density at radius 2 is 1.73 bits per heavy atom. The van der Waals surface area contributed by atoms with E-state index in [9.17, 15) is 14.4 Å². The summed E-state index contributed by atoms with van der Waals surface area (Å²) in [5, 5.41) is 9.16. The molecule has 7 heteroatoms. The Kier molecular flexibility index (Phi) is 8.98. The fourth-order valence-electron chi connectivity index (χ4n) is 9.20. The Morgan fingerprint density at radius 1 is 0.933 bits per heavy atom. The number of carboxylic acid groups (broad SMARTS) is 1. The van der Waals surface area contributed by atoms with Crippen LogP contribution in [-0.2, 0) is 25.7 Å². The van der Waals surface area contributed by atoms with Gasteiger partial charge < -0.3 is 14.7 Å². The molecular formula is C38H46N2O5. The molecular weight excluding hydrogens is 564 g/mol. The highest BCUT2D eigenvalue weighted by atomic mass is 16.5. The molecule has 45 heavy (non-hydrogen) atoms. The summed E-state index contributed by atoms with van der Waals surface area (Å²) in [6, 6.07) is 13.7. The van der Waals surface area contributed by atoms with Crippen LogP contribution in [0.4, 0.5) is 0 Å². The molecule has 0 radical (unpaired) electrons. The second-order valence-corrected chi connectivity index (χ2v) is 14.1. The first kappa shape index (κ1) is 31.3. The number of hydrogen-bond acceptors (Lipinski definition) is 5. The van der Waals surface area contributed by atoms with Crippen molar-refractivity contribution < 1.29 is 24.2 Å². The number of carboxylic acids is 1. The summed E-state index contributed by atoms with van der Waals surface area (Å²) >= 11 is 0. The molecule has 1 amide bonds. The highest BCUT2D eigenvalue weighted by molar-refractivity contribution is 5.82. The molecule has 2 saturated carbocycles. The molecule has 238 valence electrons. The number of rotatable bonds is 10. The molecule has 0 bridgehead atoms. The zero-order valence-corrected chi connectivity index (χ0v) is 26.6. The molecule has 4 aliphatic rings. The third-order valence-electron chi connectivity index (χ3n) is 11.6. The van der Waals surface area contributed by atoms with Gasteiger partial charge in [-0.25, -0.2) is 0 Å². The Morgan fingerprint density at radius 3 is 2.49 bits per heavy atom. The van der Waals surface area contributed by atoms with Gasteiger partial charge in [0.1, 0.15) is 6.10 Å². The van der Waals surface area contributed by atoms with Crippen LogP contribution in [0.25, 0.3) is 5.57 Å². The number of hydrogen-bond donors (Lipinski definition) is 1. The van der Waals surface area contributed by atoms with Crippen LogP contribution in [-0.4, -0.2) is 45.5 Å². The lowest BCUT2D eigenvalue weighted by atomic mass is 9.47. The van der Waals surface area contributed by atoms with Crippen LogP contribution in [0.1, 0.15) is 89.2 Å². The first-order chi connectivity index (χ1) is 21.7. The van der Waals surface area contributed by atoms with Gasteiger partial charge in [-0.2, -0.15) is 0 Å². The molecule has 4 aliphatic carbocycles. The largest absolute Gasteiger partial charge is 0.481 e. The van der Waals surface area contributed by atoms with Gasteiger partial charge in [0.05, 0.1) is 12.8 Å². The highest BCUT2D eigenvalue weighted by Gasteiger charge is 2.57. The molecule has 1 N–H and O–H groups in total. The minimum absolute atomic E-state index is 0.00123. The van der Waals surface area contributed by atoms with Crippen LogP contribution < -0.4 is 0 Å². The minimum atomic E-state index is -0.954. The zero-order chi connectivity index (χ0) is 31.6. The molecule has 0 unspecified atom stereocenters. The van der Waals surface area contributed by atoms with Gasteiger partial charge in [0.15, 0.2) is 0 Å². The summed E-state index contributed by atoms with van der Waals surface area (Å²) in [5.74, 6) is 0.417. The lowest BCUT2D eigenvalue weighted by molar-refractivity contribution is -0.153. The molecule has 0 saturated heterocycles. The van der Waals surface area contributed by atoms with Gasteiger partial charge in [-0.15, -0.1) is 0 Å². The predicted octanol–water partition coefficient (Wildman–Crippen LogP) is 7.23. The van der Waals surface area contributed by atoms with Gasteiger partial charge >= 0.3 is 11.9 Å². The number of allylic oxidation sites excluding steroid dienone is 3. The predicted molar refractivity (Wildman–Crippen MR) is 173 cm³/mol. The van der Waals surface area contributed by atoms with Crippen molar-refractivity contribution in [3.8, 4) is 0 Å². The van der Waals surface area contributed by atoms with E-state index in [1.54, 1.807) is 0 Å². The van der Waals surface area contributed by atoms with Gasteiger partial charge in [0, 0.05) is 38.3 Å². The summed E-state index contributed by atoms with van der Waals surface area (Å²) in [5.41, 5.74) is 5.47. The van der Waals surface area contributed by atoms with Crippen molar-refractivity contribution in [2.24, 2.45) is 28.6 Å². The number of esters is 1. The van der Waals surface area contributed by atoms with Crippen LogP contribution in [0.5, 0.6) is 0 Å². The normalized spacial score (nSPS) is 30.2. The Labute approximate surface area is 266 Å². The second kappa shape index (κ2) is 12.9. The number of aromatic nitrogens is 1. The van der Waals surface area contributed by atoms with E-state index in [1.165, 1.54) is 34.5 Å². The Hall–Kier alpha value is -3.74. The maximum absolute atomic E-state index is 13.0. The summed E-state index contributed by atoms with van der Waals surface area (Å²) in [6.45, 7) is 5.37. The number of pyridine rings is 1. The van der Waals surface area contributed by atoms with Gasteiger partial charge in [-0.1, -0.05) is 68.0 Å². The van der Waals surface area contributed by atoms with Gasteiger partial charge in [0.25, 0.3) is 0 Å². The van der Waals surface area contributed by atoms with Crippen LogP contribution >= 0.6 is 0 Å². The van der Waals surface area contributed by atoms with E-state index in [2.05, 4.69) is 37.0 Å². The molecule has 7 nitrogen and oxygen atoms in total. The fraction of sp³-hybridized carbons (Fsp3) is 0.526. The molecule has 0 aliphatic heterocycles. The lowest BCUT2D eigenvalue weighted by Gasteiger charge is -2.57. The van der Waals surface area contributed by atoms with E-state index in [0.717, 1.165) is 37.7 Å². The van der Waals surface area contributed by atoms with E-state index in [-0.39, 0.29) is 54.6 Å². The van der Waals surface area contributed by atoms with E-state index < -0.39 is 5.97 Å². The first-order valence-corrected chi connectivity index (χ1v) is 16.7. The smallest absolute Gasteiger partial charge is 0.306 e. The summed E-state index contributed by atoms with van der Waals surface area (Å²) < 4.78 is 5.96. The lowest BCUT2D eigenvalue weighted by Crippen LogP contribution is -2.50. The quantitative estimate of drug-likeness (QED) is 0.225. The van der Waals surface area contributed by atoms with Gasteiger partial charge in [-0.05, 0) is 89.9 Å². The zero-order valence-electron chi connectivity index (χ0n) is 26.6. The standard InChI is InChI=1S/C38H46N2O5/c1-37-19-16-29(45-36(44)15-14-34(41)40(22-18-35(42)43)25-26-7-4-3-5-8-26)23-28(37)10-11-30-32-13-12-31(27-9-6-21-39-24-27)38(32,2)20-17-33(30)37/h3-10,12,21,24,29-30,32-33H,11,13-20,22-23,25H2,1-2H3,(H,42,43)/t29-,30-,32-,33-,37-,38+/m0/s1. The van der Waals surface area contributed by atoms with Crippen molar-refractivity contribution in [2.75, 3.05) is 6.54 Å². The van der Waals surface area contributed by atoms with E-state index in [1.807, 2.05) is 48.8 Å². The van der Waals surface area contributed by atoms with Crippen molar-refractivity contribution in [1.29, 1.82) is 0 Å². The molecule has 1 heterocycles. The fourth-order valence-corrected chi connectivity index (χ4v) is 9.20. The Bertz CT molecular complexity index is 1470. The molecule has 6 atom stereocenters. The van der Waals surface area contributed by atoms with E-state index in [4.69, 9.17) is 9.84 Å². The van der Waals surface area contributed by atoms with Crippen LogP contribution in [0, 0.1) is 28.6 Å². The number of carbonyl (C=O) groups excluding carboxylic acids is 2. The molecule has 2 fully saturated rings. The maximum Gasteiger partial charge on any atom is 0.306 e. The topological polar surface area (TPSA) is 96.8 Å². The molecule has 0 spiro atoms. The number of aliphatic carboxylic acids is 1. The molecule has 6 rings (SSSR count). The number of amides is 1. The molecule has 1 aromatic heterocycles. The van der Waals surface area contributed by atoms with Crippen LogP contribution in [0.2, 0.25) is 0 Å². The van der Waals surface area contributed by atoms with Crippen molar-refractivity contribution in [3.05, 3.63) is 83.7 Å². The molecule has 1 aromatic carbocycles. The summed E-state index contributed by atoms with van der Waals surface area (Å²) in [6.07, 6.45) is 15.8. The van der Waals surface area contributed by atoms with Gasteiger partial charge in [0.2, 0.25) is 5.91 Å². The summed E-state index contributed by atoms with van der Waals surface area (Å²) in [7, 11) is 0. The maximum atomic E-state index is 13.0.